The van der Waals surface area contributed by atoms with E-state index in [2.05, 4.69) is 24.3 Å². The maximum absolute atomic E-state index is 12.5. The van der Waals surface area contributed by atoms with E-state index < -0.39 is 0 Å². The topological polar surface area (TPSA) is 17.1 Å². The van der Waals surface area contributed by atoms with Gasteiger partial charge in [0, 0.05) is 6.42 Å². The van der Waals surface area contributed by atoms with Gasteiger partial charge in [0.15, 0.2) is 0 Å². The highest BCUT2D eigenvalue weighted by Gasteiger charge is 2.43. The van der Waals surface area contributed by atoms with Crippen LogP contribution < -0.4 is 0 Å². The van der Waals surface area contributed by atoms with Crippen molar-refractivity contribution in [3.05, 3.63) is 71.8 Å². The van der Waals surface area contributed by atoms with E-state index in [1.807, 2.05) is 36.4 Å². The fraction of sp³-hybridized carbons (Fsp3) is 0.278. The van der Waals surface area contributed by atoms with Gasteiger partial charge in [-0.25, -0.2) is 0 Å². The quantitative estimate of drug-likeness (QED) is 0.807. The van der Waals surface area contributed by atoms with Crippen molar-refractivity contribution in [3.8, 4) is 0 Å². The van der Waals surface area contributed by atoms with E-state index in [-0.39, 0.29) is 5.41 Å². The van der Waals surface area contributed by atoms with Gasteiger partial charge in [0.25, 0.3) is 0 Å². The van der Waals surface area contributed by atoms with Crippen LogP contribution in [0.3, 0.4) is 0 Å². The Balaban J connectivity index is 2.01. The molecule has 1 nitrogen and oxygen atoms in total. The molecule has 0 aromatic heterocycles. The minimum atomic E-state index is -0.289. The Morgan fingerprint density at radius 1 is 0.895 bits per heavy atom. The number of carbonyl (C=O) groups excluding carboxylic acids is 1. The SMILES string of the molecule is O=C1CCCC1(Cc1ccccc1)c1ccccc1. The fourth-order valence-electron chi connectivity index (χ4n) is 3.23. The van der Waals surface area contributed by atoms with E-state index in [9.17, 15) is 4.79 Å². The van der Waals surface area contributed by atoms with Crippen molar-refractivity contribution in [2.45, 2.75) is 31.1 Å². The molecule has 3 rings (SSSR count). The third-order valence-electron chi connectivity index (χ3n) is 4.22. The van der Waals surface area contributed by atoms with Crippen LogP contribution in [0.1, 0.15) is 30.4 Å². The van der Waals surface area contributed by atoms with Crippen molar-refractivity contribution in [1.29, 1.82) is 0 Å². The van der Waals surface area contributed by atoms with Crippen molar-refractivity contribution >= 4 is 5.78 Å². The largest absolute Gasteiger partial charge is 0.299 e. The minimum Gasteiger partial charge on any atom is -0.299 e. The average molecular weight is 250 g/mol. The molecule has 1 aliphatic rings. The van der Waals surface area contributed by atoms with Crippen LogP contribution in [0, 0.1) is 0 Å². The molecule has 2 aromatic carbocycles. The molecule has 96 valence electrons. The van der Waals surface area contributed by atoms with Crippen LogP contribution >= 0.6 is 0 Å². The summed E-state index contributed by atoms with van der Waals surface area (Å²) >= 11 is 0. The Kier molecular flexibility index (Phi) is 3.20. The summed E-state index contributed by atoms with van der Waals surface area (Å²) in [6.07, 6.45) is 3.55. The van der Waals surface area contributed by atoms with Gasteiger partial charge in [-0.3, -0.25) is 4.79 Å². The molecule has 0 spiro atoms. The molecular weight excluding hydrogens is 232 g/mol. The van der Waals surface area contributed by atoms with Gasteiger partial charge in [-0.1, -0.05) is 60.7 Å². The first-order valence-corrected chi connectivity index (χ1v) is 6.94. The lowest BCUT2D eigenvalue weighted by Gasteiger charge is -2.28. The van der Waals surface area contributed by atoms with Crippen molar-refractivity contribution in [3.63, 3.8) is 0 Å². The van der Waals surface area contributed by atoms with E-state index in [4.69, 9.17) is 0 Å². The Morgan fingerprint density at radius 2 is 1.53 bits per heavy atom. The molecule has 0 bridgehead atoms. The number of carbonyl (C=O) groups is 1. The molecule has 0 amide bonds. The molecule has 1 atom stereocenters. The summed E-state index contributed by atoms with van der Waals surface area (Å²) in [4.78, 5) is 12.5. The normalized spacial score (nSPS) is 22.6. The first-order valence-electron chi connectivity index (χ1n) is 6.94. The molecule has 1 unspecified atom stereocenters. The van der Waals surface area contributed by atoms with Gasteiger partial charge in [-0.05, 0) is 30.4 Å². The van der Waals surface area contributed by atoms with Gasteiger partial charge in [0.05, 0.1) is 5.41 Å². The van der Waals surface area contributed by atoms with Crippen LogP contribution in [0.5, 0.6) is 0 Å². The molecule has 0 heterocycles. The first-order chi connectivity index (χ1) is 9.31. The van der Waals surface area contributed by atoms with Gasteiger partial charge >= 0.3 is 0 Å². The Hall–Kier alpha value is -1.89. The Labute approximate surface area is 114 Å². The fourth-order valence-corrected chi connectivity index (χ4v) is 3.23. The second-order valence-electron chi connectivity index (χ2n) is 5.39. The summed E-state index contributed by atoms with van der Waals surface area (Å²) in [7, 11) is 0. The number of rotatable bonds is 3. The van der Waals surface area contributed by atoms with Crippen molar-refractivity contribution < 1.29 is 4.79 Å². The highest BCUT2D eigenvalue weighted by atomic mass is 16.1. The molecule has 0 aliphatic heterocycles. The van der Waals surface area contributed by atoms with Gasteiger partial charge in [-0.2, -0.15) is 0 Å². The van der Waals surface area contributed by atoms with Gasteiger partial charge in [0.2, 0.25) is 0 Å². The van der Waals surface area contributed by atoms with Crippen molar-refractivity contribution in [2.75, 3.05) is 0 Å². The van der Waals surface area contributed by atoms with E-state index in [1.54, 1.807) is 0 Å². The second-order valence-corrected chi connectivity index (χ2v) is 5.39. The number of hydrogen-bond acceptors (Lipinski definition) is 1. The molecule has 1 saturated carbocycles. The van der Waals surface area contributed by atoms with Gasteiger partial charge in [-0.15, -0.1) is 0 Å². The smallest absolute Gasteiger partial charge is 0.143 e. The van der Waals surface area contributed by atoms with Crippen LogP contribution in [0.15, 0.2) is 60.7 Å². The molecule has 1 aliphatic carbocycles. The number of Topliss-reactive ketones (excluding diaryl/α,β-unsaturated/α-hetero) is 1. The highest BCUT2D eigenvalue weighted by molar-refractivity contribution is 5.92. The maximum atomic E-state index is 12.5. The third kappa shape index (κ3) is 2.21. The van der Waals surface area contributed by atoms with E-state index in [0.29, 0.717) is 5.78 Å². The number of hydrogen-bond donors (Lipinski definition) is 0. The molecule has 1 fully saturated rings. The summed E-state index contributed by atoms with van der Waals surface area (Å²) in [5.41, 5.74) is 2.14. The molecule has 19 heavy (non-hydrogen) atoms. The third-order valence-corrected chi connectivity index (χ3v) is 4.22. The zero-order chi connectivity index (χ0) is 13.1. The van der Waals surface area contributed by atoms with Gasteiger partial charge < -0.3 is 0 Å². The van der Waals surface area contributed by atoms with E-state index in [0.717, 1.165) is 25.7 Å². The summed E-state index contributed by atoms with van der Waals surface area (Å²) in [6, 6.07) is 20.7. The molecule has 0 saturated heterocycles. The zero-order valence-electron chi connectivity index (χ0n) is 11.0. The predicted octanol–water partition coefficient (Wildman–Crippen LogP) is 3.92. The molecule has 0 N–H and O–H groups in total. The molecule has 1 heteroatoms. The lowest BCUT2D eigenvalue weighted by molar-refractivity contribution is -0.122. The van der Waals surface area contributed by atoms with E-state index in [1.165, 1.54) is 11.1 Å². The maximum Gasteiger partial charge on any atom is 0.143 e. The molecule has 2 aromatic rings. The second kappa shape index (κ2) is 5.00. The van der Waals surface area contributed by atoms with Crippen LogP contribution in [0.2, 0.25) is 0 Å². The average Bonchev–Trinajstić information content (AvgIpc) is 2.83. The minimum absolute atomic E-state index is 0.289. The Bertz CT molecular complexity index is 559. The van der Waals surface area contributed by atoms with Crippen LogP contribution in [0.4, 0.5) is 0 Å². The summed E-state index contributed by atoms with van der Waals surface area (Å²) in [5, 5.41) is 0. The summed E-state index contributed by atoms with van der Waals surface area (Å²) in [6.45, 7) is 0. The monoisotopic (exact) mass is 250 g/mol. The van der Waals surface area contributed by atoms with Crippen LogP contribution in [-0.4, -0.2) is 5.78 Å². The number of ketones is 1. The zero-order valence-corrected chi connectivity index (χ0v) is 11.0. The lowest BCUT2D eigenvalue weighted by Crippen LogP contribution is -2.33. The van der Waals surface area contributed by atoms with Gasteiger partial charge in [0.1, 0.15) is 5.78 Å². The molecular formula is C18H18O. The standard InChI is InChI=1S/C18H18O/c19-17-12-7-13-18(17,16-10-5-2-6-11-16)14-15-8-3-1-4-9-15/h1-6,8-11H,7,12-14H2. The first kappa shape index (κ1) is 12.2. The van der Waals surface area contributed by atoms with Crippen LogP contribution in [-0.2, 0) is 16.6 Å². The summed E-state index contributed by atoms with van der Waals surface area (Å²) < 4.78 is 0. The van der Waals surface area contributed by atoms with Crippen molar-refractivity contribution in [1.82, 2.24) is 0 Å². The van der Waals surface area contributed by atoms with E-state index >= 15 is 0 Å². The van der Waals surface area contributed by atoms with Crippen molar-refractivity contribution in [2.24, 2.45) is 0 Å². The van der Waals surface area contributed by atoms with Crippen LogP contribution in [0.25, 0.3) is 0 Å². The number of benzene rings is 2. The predicted molar refractivity (Wildman–Crippen MR) is 77.1 cm³/mol. The Morgan fingerprint density at radius 3 is 2.11 bits per heavy atom. The molecule has 0 radical (unpaired) electrons. The summed E-state index contributed by atoms with van der Waals surface area (Å²) in [5.74, 6) is 0.405. The lowest BCUT2D eigenvalue weighted by atomic mass is 9.73. The highest BCUT2D eigenvalue weighted by Crippen LogP contribution is 2.40.